The summed E-state index contributed by atoms with van der Waals surface area (Å²) in [4.78, 5) is 11.6. The van der Waals surface area contributed by atoms with Gasteiger partial charge < -0.3 is 10.5 Å². The summed E-state index contributed by atoms with van der Waals surface area (Å²) in [6.45, 7) is 4.58. The van der Waals surface area contributed by atoms with E-state index < -0.39 is 0 Å². The molecular formula is C10H21NO2. The summed E-state index contributed by atoms with van der Waals surface area (Å²) < 4.78 is 4.87. The van der Waals surface area contributed by atoms with Gasteiger partial charge in [-0.2, -0.15) is 0 Å². The number of rotatable bonds is 7. The molecule has 2 unspecified atom stereocenters. The van der Waals surface area contributed by atoms with Crippen molar-refractivity contribution >= 4 is 5.78 Å². The number of Topliss-reactive ketones (excluding diaryl/α,β-unsaturated/α-hetero) is 1. The number of ketones is 1. The van der Waals surface area contributed by atoms with Crippen LogP contribution in [0.1, 0.15) is 33.1 Å². The first-order chi connectivity index (χ1) is 6.13. The number of carbonyl (C=O) groups is 1. The van der Waals surface area contributed by atoms with E-state index in [1.165, 1.54) is 0 Å². The molecule has 0 aliphatic rings. The maximum Gasteiger partial charge on any atom is 0.152 e. The Morgan fingerprint density at radius 1 is 1.46 bits per heavy atom. The number of methoxy groups -OCH3 is 1. The molecule has 0 aliphatic carbocycles. The largest absolute Gasteiger partial charge is 0.385 e. The Hall–Kier alpha value is -0.410. The minimum absolute atomic E-state index is 0.0943. The fourth-order valence-electron chi connectivity index (χ4n) is 1.33. The van der Waals surface area contributed by atoms with Crippen molar-refractivity contribution in [1.29, 1.82) is 0 Å². The third-order valence-electron chi connectivity index (χ3n) is 2.21. The standard InChI is InChI=1S/C10H21NO2/c1-4-5-8(2)10(12)9(11)6-7-13-3/h8-9H,4-7,11H2,1-3H3. The molecule has 3 heteroatoms. The second kappa shape index (κ2) is 7.04. The molecule has 3 nitrogen and oxygen atoms in total. The minimum Gasteiger partial charge on any atom is -0.385 e. The SMILES string of the molecule is CCCC(C)C(=O)C(N)CCOC. The van der Waals surface area contributed by atoms with Gasteiger partial charge in [0.2, 0.25) is 0 Å². The van der Waals surface area contributed by atoms with Crippen LogP contribution < -0.4 is 5.73 Å². The van der Waals surface area contributed by atoms with Gasteiger partial charge in [0, 0.05) is 19.6 Å². The zero-order valence-corrected chi connectivity index (χ0v) is 8.88. The lowest BCUT2D eigenvalue weighted by Gasteiger charge is -2.14. The van der Waals surface area contributed by atoms with Crippen LogP contribution in [0.4, 0.5) is 0 Å². The Balaban J connectivity index is 3.79. The van der Waals surface area contributed by atoms with Crippen LogP contribution >= 0.6 is 0 Å². The Bertz CT molecular complexity index is 148. The monoisotopic (exact) mass is 187 g/mol. The second-order valence-electron chi connectivity index (χ2n) is 3.48. The molecule has 0 rings (SSSR count). The summed E-state index contributed by atoms with van der Waals surface area (Å²) >= 11 is 0. The average molecular weight is 187 g/mol. The van der Waals surface area contributed by atoms with Gasteiger partial charge in [-0.05, 0) is 12.8 Å². The lowest BCUT2D eigenvalue weighted by molar-refractivity contribution is -0.124. The summed E-state index contributed by atoms with van der Waals surface area (Å²) in [6.07, 6.45) is 2.59. The van der Waals surface area contributed by atoms with Gasteiger partial charge >= 0.3 is 0 Å². The third-order valence-corrected chi connectivity index (χ3v) is 2.21. The van der Waals surface area contributed by atoms with E-state index in [4.69, 9.17) is 10.5 Å². The lowest BCUT2D eigenvalue weighted by Crippen LogP contribution is -2.35. The number of nitrogens with two attached hydrogens (primary N) is 1. The highest BCUT2D eigenvalue weighted by molar-refractivity contribution is 5.85. The molecule has 0 spiro atoms. The van der Waals surface area contributed by atoms with E-state index in [2.05, 4.69) is 6.92 Å². The van der Waals surface area contributed by atoms with Crippen molar-refractivity contribution in [2.75, 3.05) is 13.7 Å². The molecule has 0 saturated carbocycles. The molecule has 0 aliphatic heterocycles. The van der Waals surface area contributed by atoms with Crippen molar-refractivity contribution < 1.29 is 9.53 Å². The number of carbonyl (C=O) groups excluding carboxylic acids is 1. The lowest BCUT2D eigenvalue weighted by atomic mass is 9.95. The van der Waals surface area contributed by atoms with Gasteiger partial charge in [-0.3, -0.25) is 4.79 Å². The van der Waals surface area contributed by atoms with Crippen molar-refractivity contribution in [3.63, 3.8) is 0 Å². The van der Waals surface area contributed by atoms with Gasteiger partial charge in [0.25, 0.3) is 0 Å². The molecular weight excluding hydrogens is 166 g/mol. The maximum atomic E-state index is 11.6. The predicted octanol–water partition coefficient (Wildman–Crippen LogP) is 1.36. The highest BCUT2D eigenvalue weighted by Gasteiger charge is 2.18. The smallest absolute Gasteiger partial charge is 0.152 e. The first kappa shape index (κ1) is 12.6. The normalized spacial score (nSPS) is 15.4. The Kier molecular flexibility index (Phi) is 6.82. The molecule has 0 heterocycles. The van der Waals surface area contributed by atoms with Gasteiger partial charge in [-0.15, -0.1) is 0 Å². The topological polar surface area (TPSA) is 52.3 Å². The maximum absolute atomic E-state index is 11.6. The molecule has 0 aromatic heterocycles. The fraction of sp³-hybridized carbons (Fsp3) is 0.900. The zero-order valence-electron chi connectivity index (χ0n) is 8.88. The fourth-order valence-corrected chi connectivity index (χ4v) is 1.33. The van der Waals surface area contributed by atoms with Crippen molar-refractivity contribution in [2.45, 2.75) is 39.2 Å². The minimum atomic E-state index is -0.346. The molecule has 0 fully saturated rings. The van der Waals surface area contributed by atoms with Crippen LogP contribution in [0.3, 0.4) is 0 Å². The van der Waals surface area contributed by atoms with Crippen LogP contribution in [0.2, 0.25) is 0 Å². The summed E-state index contributed by atoms with van der Waals surface area (Å²) in [5.74, 6) is 0.260. The molecule has 0 aromatic carbocycles. The van der Waals surface area contributed by atoms with Crippen molar-refractivity contribution in [3.8, 4) is 0 Å². The Morgan fingerprint density at radius 2 is 2.08 bits per heavy atom. The molecule has 0 amide bonds. The number of hydrogen-bond acceptors (Lipinski definition) is 3. The van der Waals surface area contributed by atoms with Crippen LogP contribution in [0.15, 0.2) is 0 Å². The highest BCUT2D eigenvalue weighted by Crippen LogP contribution is 2.09. The predicted molar refractivity (Wildman–Crippen MR) is 53.5 cm³/mol. The van der Waals surface area contributed by atoms with Crippen LogP contribution in [0.5, 0.6) is 0 Å². The van der Waals surface area contributed by atoms with Crippen LogP contribution in [0, 0.1) is 5.92 Å². The quantitative estimate of drug-likeness (QED) is 0.654. The van der Waals surface area contributed by atoms with Gasteiger partial charge in [-0.25, -0.2) is 0 Å². The van der Waals surface area contributed by atoms with Crippen LogP contribution in [-0.2, 0) is 9.53 Å². The first-order valence-electron chi connectivity index (χ1n) is 4.91. The summed E-state index contributed by atoms with van der Waals surface area (Å²) in [6, 6.07) is -0.346. The average Bonchev–Trinajstić information content (AvgIpc) is 2.13. The van der Waals surface area contributed by atoms with Crippen molar-refractivity contribution in [3.05, 3.63) is 0 Å². The van der Waals surface area contributed by atoms with E-state index in [9.17, 15) is 4.79 Å². The Labute approximate surface area is 80.6 Å². The summed E-state index contributed by atoms with van der Waals surface area (Å²) in [7, 11) is 1.62. The number of hydrogen-bond donors (Lipinski definition) is 1. The van der Waals surface area contributed by atoms with Crippen LogP contribution in [0.25, 0.3) is 0 Å². The molecule has 13 heavy (non-hydrogen) atoms. The molecule has 0 saturated heterocycles. The van der Waals surface area contributed by atoms with Gasteiger partial charge in [0.1, 0.15) is 0 Å². The first-order valence-corrected chi connectivity index (χ1v) is 4.91. The van der Waals surface area contributed by atoms with Gasteiger partial charge in [0.05, 0.1) is 6.04 Å². The molecule has 0 aromatic rings. The van der Waals surface area contributed by atoms with E-state index in [-0.39, 0.29) is 17.7 Å². The zero-order chi connectivity index (χ0) is 10.3. The molecule has 2 N–H and O–H groups in total. The van der Waals surface area contributed by atoms with E-state index in [1.54, 1.807) is 7.11 Å². The van der Waals surface area contributed by atoms with Crippen molar-refractivity contribution in [1.82, 2.24) is 0 Å². The van der Waals surface area contributed by atoms with Gasteiger partial charge in [0.15, 0.2) is 5.78 Å². The summed E-state index contributed by atoms with van der Waals surface area (Å²) in [5.41, 5.74) is 5.70. The molecule has 0 radical (unpaired) electrons. The summed E-state index contributed by atoms with van der Waals surface area (Å²) in [5, 5.41) is 0. The number of ether oxygens (including phenoxy) is 1. The molecule has 78 valence electrons. The van der Waals surface area contributed by atoms with E-state index in [0.29, 0.717) is 13.0 Å². The van der Waals surface area contributed by atoms with E-state index in [0.717, 1.165) is 12.8 Å². The molecule has 2 atom stereocenters. The van der Waals surface area contributed by atoms with Gasteiger partial charge in [-0.1, -0.05) is 20.3 Å². The Morgan fingerprint density at radius 3 is 2.54 bits per heavy atom. The van der Waals surface area contributed by atoms with E-state index >= 15 is 0 Å². The van der Waals surface area contributed by atoms with Crippen LogP contribution in [-0.4, -0.2) is 25.5 Å². The van der Waals surface area contributed by atoms with Crippen molar-refractivity contribution in [2.24, 2.45) is 11.7 Å². The highest BCUT2D eigenvalue weighted by atomic mass is 16.5. The third kappa shape index (κ3) is 5.01. The molecule has 0 bridgehead atoms. The second-order valence-corrected chi connectivity index (χ2v) is 3.48. The van der Waals surface area contributed by atoms with E-state index in [1.807, 2.05) is 6.92 Å².